The van der Waals surface area contributed by atoms with Crippen molar-refractivity contribution in [2.45, 2.75) is 0 Å². The molecule has 6 nitrogen and oxygen atoms in total. The summed E-state index contributed by atoms with van der Waals surface area (Å²) in [4.78, 5) is 2.04. The molecule has 0 aliphatic heterocycles. The van der Waals surface area contributed by atoms with Gasteiger partial charge in [0.2, 0.25) is 4.77 Å². The fraction of sp³-hybridized carbons (Fsp3) is 0.167. The molecule has 8 heteroatoms. The van der Waals surface area contributed by atoms with Crippen molar-refractivity contribution in [1.82, 2.24) is 14.9 Å². The lowest BCUT2D eigenvalue weighted by Crippen LogP contribution is -2.08. The zero-order valence-electron chi connectivity index (χ0n) is 14.6. The number of aromatic amines is 1. The van der Waals surface area contributed by atoms with Crippen LogP contribution in [0, 0.1) is 4.77 Å². The minimum Gasteiger partial charge on any atom is -0.496 e. The maximum atomic E-state index is 5.38. The van der Waals surface area contributed by atoms with E-state index in [-0.39, 0.29) is 0 Å². The highest BCUT2D eigenvalue weighted by atomic mass is 79.9. The van der Waals surface area contributed by atoms with E-state index >= 15 is 0 Å². The molecule has 1 N–H and O–H groups in total. The highest BCUT2D eigenvalue weighted by molar-refractivity contribution is 9.10. The monoisotopic (exact) mass is 431 g/mol. The Morgan fingerprint density at radius 1 is 1.23 bits per heavy atom. The molecule has 0 bridgehead atoms. The highest BCUT2D eigenvalue weighted by Crippen LogP contribution is 2.23. The minimum atomic E-state index is 0.418. The molecule has 0 aliphatic carbocycles. The van der Waals surface area contributed by atoms with Crippen LogP contribution in [0.2, 0.25) is 0 Å². The number of nitrogens with one attached hydrogen (secondary N) is 1. The molecule has 0 radical (unpaired) electrons. The Bertz CT molecular complexity index is 992. The van der Waals surface area contributed by atoms with E-state index in [1.807, 2.05) is 61.5 Å². The van der Waals surface area contributed by atoms with Crippen molar-refractivity contribution >= 4 is 40.0 Å². The van der Waals surface area contributed by atoms with Gasteiger partial charge in [0.15, 0.2) is 5.82 Å². The molecule has 0 aliphatic rings. The van der Waals surface area contributed by atoms with E-state index in [0.29, 0.717) is 10.6 Å². The number of hydrogen-bond donors (Lipinski definition) is 1. The molecule has 134 valence electrons. The van der Waals surface area contributed by atoms with Crippen molar-refractivity contribution < 1.29 is 4.74 Å². The molecule has 0 fully saturated rings. The van der Waals surface area contributed by atoms with Gasteiger partial charge in [-0.05, 0) is 54.7 Å². The van der Waals surface area contributed by atoms with Crippen LogP contribution in [0.5, 0.6) is 5.75 Å². The van der Waals surface area contributed by atoms with Crippen LogP contribution in [0.3, 0.4) is 0 Å². The van der Waals surface area contributed by atoms with Crippen LogP contribution >= 0.6 is 28.1 Å². The number of rotatable bonds is 5. The first kappa shape index (κ1) is 18.3. The molecule has 3 aromatic rings. The fourth-order valence-electron chi connectivity index (χ4n) is 2.42. The molecular formula is C18H18BrN5OS. The lowest BCUT2D eigenvalue weighted by molar-refractivity contribution is 0.414. The van der Waals surface area contributed by atoms with Crippen molar-refractivity contribution in [3.05, 3.63) is 57.3 Å². The number of hydrogen-bond acceptors (Lipinski definition) is 5. The first-order valence-corrected chi connectivity index (χ1v) is 9.03. The first-order valence-electron chi connectivity index (χ1n) is 7.82. The van der Waals surface area contributed by atoms with Gasteiger partial charge in [0, 0.05) is 35.4 Å². The van der Waals surface area contributed by atoms with Crippen molar-refractivity contribution in [3.8, 4) is 17.1 Å². The summed E-state index contributed by atoms with van der Waals surface area (Å²) in [5.41, 5.74) is 2.86. The summed E-state index contributed by atoms with van der Waals surface area (Å²) in [6.07, 6.45) is 1.70. The lowest BCUT2D eigenvalue weighted by atomic mass is 10.2. The summed E-state index contributed by atoms with van der Waals surface area (Å²) in [7, 11) is 5.63. The Morgan fingerprint density at radius 2 is 1.96 bits per heavy atom. The number of ether oxygens (including phenoxy) is 1. The Kier molecular flexibility index (Phi) is 5.53. The number of nitrogens with zero attached hydrogens (tertiary/aromatic N) is 4. The number of halogens is 1. The second-order valence-electron chi connectivity index (χ2n) is 5.74. The number of anilines is 1. The van der Waals surface area contributed by atoms with Crippen LogP contribution in [0.15, 0.2) is 52.0 Å². The van der Waals surface area contributed by atoms with Crippen LogP contribution in [-0.2, 0) is 0 Å². The Labute approximate surface area is 165 Å². The van der Waals surface area contributed by atoms with Crippen LogP contribution in [0.1, 0.15) is 5.56 Å². The molecule has 0 unspecified atom stereocenters. The Morgan fingerprint density at radius 3 is 2.62 bits per heavy atom. The van der Waals surface area contributed by atoms with Crippen LogP contribution < -0.4 is 9.64 Å². The van der Waals surface area contributed by atoms with Crippen molar-refractivity contribution in [1.29, 1.82) is 0 Å². The average molecular weight is 432 g/mol. The third kappa shape index (κ3) is 3.86. The van der Waals surface area contributed by atoms with E-state index in [1.54, 1.807) is 18.0 Å². The Balaban J connectivity index is 1.99. The zero-order valence-corrected chi connectivity index (χ0v) is 17.0. The normalized spacial score (nSPS) is 11.1. The summed E-state index contributed by atoms with van der Waals surface area (Å²) in [6.45, 7) is 0. The van der Waals surface area contributed by atoms with Gasteiger partial charge in [-0.15, -0.1) is 0 Å². The summed E-state index contributed by atoms with van der Waals surface area (Å²) >= 11 is 8.79. The van der Waals surface area contributed by atoms with Gasteiger partial charge in [0.1, 0.15) is 5.75 Å². The van der Waals surface area contributed by atoms with Gasteiger partial charge < -0.3 is 9.64 Å². The van der Waals surface area contributed by atoms with Crippen LogP contribution in [-0.4, -0.2) is 42.3 Å². The molecule has 0 spiro atoms. The largest absolute Gasteiger partial charge is 0.496 e. The highest BCUT2D eigenvalue weighted by Gasteiger charge is 2.09. The van der Waals surface area contributed by atoms with E-state index in [9.17, 15) is 0 Å². The summed E-state index contributed by atoms with van der Waals surface area (Å²) < 4.78 is 8.33. The van der Waals surface area contributed by atoms with Gasteiger partial charge in [0.25, 0.3) is 0 Å². The zero-order chi connectivity index (χ0) is 18.7. The van der Waals surface area contributed by atoms with Crippen molar-refractivity contribution in [2.75, 3.05) is 26.1 Å². The van der Waals surface area contributed by atoms with Gasteiger partial charge in [-0.1, -0.05) is 15.9 Å². The quantitative estimate of drug-likeness (QED) is 0.482. The first-order chi connectivity index (χ1) is 12.5. The molecule has 0 saturated heterocycles. The number of H-pyrrole nitrogens is 1. The molecule has 26 heavy (non-hydrogen) atoms. The molecular weight excluding hydrogens is 414 g/mol. The molecule has 3 rings (SSSR count). The smallest absolute Gasteiger partial charge is 0.216 e. The van der Waals surface area contributed by atoms with Gasteiger partial charge in [-0.2, -0.15) is 14.9 Å². The van der Waals surface area contributed by atoms with E-state index in [4.69, 9.17) is 17.0 Å². The number of benzene rings is 2. The molecule has 2 aromatic carbocycles. The summed E-state index contributed by atoms with van der Waals surface area (Å²) in [6, 6.07) is 13.8. The van der Waals surface area contributed by atoms with E-state index < -0.39 is 0 Å². The van der Waals surface area contributed by atoms with E-state index in [2.05, 4.69) is 31.2 Å². The topological polar surface area (TPSA) is 58.4 Å². The maximum absolute atomic E-state index is 5.38. The van der Waals surface area contributed by atoms with Crippen LogP contribution in [0.25, 0.3) is 11.4 Å². The van der Waals surface area contributed by atoms with Gasteiger partial charge >= 0.3 is 0 Å². The molecule has 1 aromatic heterocycles. The molecule has 0 atom stereocenters. The van der Waals surface area contributed by atoms with Gasteiger partial charge in [0.05, 0.1) is 13.3 Å². The van der Waals surface area contributed by atoms with Crippen LogP contribution in [0.4, 0.5) is 5.69 Å². The molecule has 0 saturated carbocycles. The maximum Gasteiger partial charge on any atom is 0.216 e. The standard InChI is InChI=1S/C18H18BrN5OS/c1-23(2)15-7-4-12(5-8-15)17-21-22-18(26)24(17)20-11-13-10-14(19)6-9-16(13)25-3/h4-11H,1-3H3,(H,22,26). The Hall–Kier alpha value is -2.45. The predicted octanol–water partition coefficient (Wildman–Crippen LogP) is 4.33. The SMILES string of the molecule is COc1ccc(Br)cc1C=Nn1c(-c2ccc(N(C)C)cc2)n[nH]c1=S. The lowest BCUT2D eigenvalue weighted by Gasteiger charge is -2.12. The predicted molar refractivity (Wildman–Crippen MR) is 111 cm³/mol. The molecule has 0 amide bonds. The summed E-state index contributed by atoms with van der Waals surface area (Å²) in [5, 5.41) is 11.6. The number of aromatic nitrogens is 3. The van der Waals surface area contributed by atoms with Gasteiger partial charge in [-0.25, -0.2) is 5.10 Å². The minimum absolute atomic E-state index is 0.418. The average Bonchev–Trinajstić information content (AvgIpc) is 3.00. The van der Waals surface area contributed by atoms with Gasteiger partial charge in [-0.3, -0.25) is 0 Å². The van der Waals surface area contributed by atoms with E-state index in [0.717, 1.165) is 27.0 Å². The van der Waals surface area contributed by atoms with Crippen molar-refractivity contribution in [2.24, 2.45) is 5.10 Å². The third-order valence-electron chi connectivity index (χ3n) is 3.80. The second kappa shape index (κ2) is 7.84. The van der Waals surface area contributed by atoms with E-state index in [1.165, 1.54) is 0 Å². The third-order valence-corrected chi connectivity index (χ3v) is 4.55. The molecule has 1 heterocycles. The van der Waals surface area contributed by atoms with Crippen molar-refractivity contribution in [3.63, 3.8) is 0 Å². The summed E-state index contributed by atoms with van der Waals surface area (Å²) in [5.74, 6) is 1.37. The fourth-order valence-corrected chi connectivity index (χ4v) is 2.98. The second-order valence-corrected chi connectivity index (χ2v) is 7.04. The number of methoxy groups -OCH3 is 1.